The van der Waals surface area contributed by atoms with E-state index < -0.39 is 0 Å². The fourth-order valence-corrected chi connectivity index (χ4v) is 7.09. The summed E-state index contributed by atoms with van der Waals surface area (Å²) in [5.41, 5.74) is 0. The molecule has 0 heterocycles. The van der Waals surface area contributed by atoms with E-state index in [1.807, 2.05) is 0 Å². The molecule has 0 spiro atoms. The van der Waals surface area contributed by atoms with Crippen molar-refractivity contribution in [1.29, 1.82) is 0 Å². The molecule has 0 saturated heterocycles. The predicted octanol–water partition coefficient (Wildman–Crippen LogP) is 13.7. The van der Waals surface area contributed by atoms with Gasteiger partial charge >= 0.3 is 0 Å². The summed E-state index contributed by atoms with van der Waals surface area (Å²) in [5.74, 6) is 0. The first-order valence-corrected chi connectivity index (χ1v) is 20.8. The molecular formula is C42H90N2+2. The van der Waals surface area contributed by atoms with Crippen LogP contribution in [0.4, 0.5) is 0 Å². The lowest BCUT2D eigenvalue weighted by Crippen LogP contribution is -2.47. The van der Waals surface area contributed by atoms with E-state index in [2.05, 4.69) is 55.9 Å². The van der Waals surface area contributed by atoms with Crippen LogP contribution in [0.5, 0.6) is 0 Å². The van der Waals surface area contributed by atoms with Gasteiger partial charge in [-0.05, 0) is 65.2 Å². The monoisotopic (exact) mass is 623 g/mol. The maximum absolute atomic E-state index is 2.50. The Bertz CT molecular complexity index is 518. The summed E-state index contributed by atoms with van der Waals surface area (Å²) in [6, 6.07) is 1.62. The van der Waals surface area contributed by atoms with Crippen molar-refractivity contribution in [3.63, 3.8) is 0 Å². The van der Waals surface area contributed by atoms with Gasteiger partial charge in [0.15, 0.2) is 0 Å². The van der Waals surface area contributed by atoms with Gasteiger partial charge in [-0.1, -0.05) is 155 Å². The van der Waals surface area contributed by atoms with Gasteiger partial charge in [0.25, 0.3) is 0 Å². The topological polar surface area (TPSA) is 0 Å². The van der Waals surface area contributed by atoms with E-state index in [9.17, 15) is 0 Å². The van der Waals surface area contributed by atoms with Crippen molar-refractivity contribution in [2.45, 2.75) is 232 Å². The second kappa shape index (κ2) is 30.3. The summed E-state index contributed by atoms with van der Waals surface area (Å²) in [5, 5.41) is 0. The van der Waals surface area contributed by atoms with Gasteiger partial charge in [-0.15, -0.1) is 0 Å². The minimum atomic E-state index is 0.812. The van der Waals surface area contributed by atoms with Crippen molar-refractivity contribution in [1.82, 2.24) is 0 Å². The highest BCUT2D eigenvalue weighted by Crippen LogP contribution is 2.20. The molecule has 266 valence electrons. The standard InChI is InChI=1S/C42H90N2/c1-9-11-13-15-17-21-25-29-33-37-41(3)43(5,6)39-35-31-27-23-19-20-24-28-32-36-40-44(7,8)42(4)38-34-30-26-22-18-16-14-12-10-2/h41-42H,9-40H2,1-8H3/q+2. The second-order valence-corrected chi connectivity index (χ2v) is 16.5. The predicted molar refractivity (Wildman–Crippen MR) is 203 cm³/mol. The van der Waals surface area contributed by atoms with Crippen LogP contribution in [-0.2, 0) is 0 Å². The molecule has 0 aliphatic rings. The van der Waals surface area contributed by atoms with Crippen molar-refractivity contribution in [3.05, 3.63) is 0 Å². The van der Waals surface area contributed by atoms with Gasteiger partial charge in [0.2, 0.25) is 0 Å². The van der Waals surface area contributed by atoms with Crippen LogP contribution in [0.1, 0.15) is 220 Å². The summed E-state index contributed by atoms with van der Waals surface area (Å²) in [6.45, 7) is 12.4. The zero-order valence-corrected chi connectivity index (χ0v) is 32.7. The molecular weight excluding hydrogens is 532 g/mol. The molecule has 0 fully saturated rings. The number of hydrogen-bond acceptors (Lipinski definition) is 0. The van der Waals surface area contributed by atoms with Crippen LogP contribution in [-0.4, -0.2) is 62.3 Å². The fourth-order valence-electron chi connectivity index (χ4n) is 7.09. The Labute approximate surface area is 282 Å². The Kier molecular flexibility index (Phi) is 30.2. The molecule has 2 heteroatoms. The van der Waals surface area contributed by atoms with Crippen LogP contribution < -0.4 is 0 Å². The van der Waals surface area contributed by atoms with Gasteiger partial charge in [0.05, 0.1) is 53.4 Å². The number of quaternary nitrogens is 2. The van der Waals surface area contributed by atoms with Gasteiger partial charge in [0, 0.05) is 0 Å². The van der Waals surface area contributed by atoms with Crippen LogP contribution in [0.2, 0.25) is 0 Å². The van der Waals surface area contributed by atoms with Crippen LogP contribution in [0.3, 0.4) is 0 Å². The van der Waals surface area contributed by atoms with E-state index in [0.717, 1.165) is 12.1 Å². The quantitative estimate of drug-likeness (QED) is 0.0487. The lowest BCUT2D eigenvalue weighted by atomic mass is 10.0. The molecule has 0 aliphatic heterocycles. The van der Waals surface area contributed by atoms with Gasteiger partial charge in [-0.25, -0.2) is 0 Å². The average molecular weight is 623 g/mol. The minimum Gasteiger partial charge on any atom is -0.326 e. The molecule has 0 rings (SSSR count). The molecule has 44 heavy (non-hydrogen) atoms. The van der Waals surface area contributed by atoms with Crippen LogP contribution in [0, 0.1) is 0 Å². The van der Waals surface area contributed by atoms with Gasteiger partial charge in [-0.3, -0.25) is 0 Å². The lowest BCUT2D eigenvalue weighted by Gasteiger charge is -2.36. The van der Waals surface area contributed by atoms with E-state index in [1.165, 1.54) is 215 Å². The van der Waals surface area contributed by atoms with Crippen molar-refractivity contribution in [3.8, 4) is 0 Å². The Morgan fingerprint density at radius 2 is 0.500 bits per heavy atom. The molecule has 0 bridgehead atoms. The summed E-state index contributed by atoms with van der Waals surface area (Å²) >= 11 is 0. The third-order valence-electron chi connectivity index (χ3n) is 11.6. The van der Waals surface area contributed by atoms with Crippen molar-refractivity contribution < 1.29 is 8.97 Å². The molecule has 2 unspecified atom stereocenters. The molecule has 0 aliphatic carbocycles. The highest BCUT2D eigenvalue weighted by Gasteiger charge is 2.23. The number of rotatable bonds is 35. The Morgan fingerprint density at radius 1 is 0.295 bits per heavy atom. The third kappa shape index (κ3) is 27.1. The Morgan fingerprint density at radius 3 is 0.750 bits per heavy atom. The van der Waals surface area contributed by atoms with Crippen molar-refractivity contribution in [2.24, 2.45) is 0 Å². The highest BCUT2D eigenvalue weighted by atomic mass is 15.3. The van der Waals surface area contributed by atoms with Crippen molar-refractivity contribution in [2.75, 3.05) is 41.3 Å². The van der Waals surface area contributed by atoms with E-state index in [-0.39, 0.29) is 0 Å². The van der Waals surface area contributed by atoms with Crippen LogP contribution in [0.15, 0.2) is 0 Å². The Balaban J connectivity index is 3.61. The maximum atomic E-state index is 2.50. The van der Waals surface area contributed by atoms with Gasteiger partial charge in [0.1, 0.15) is 0 Å². The normalized spacial score (nSPS) is 13.9. The van der Waals surface area contributed by atoms with E-state index in [0.29, 0.717) is 0 Å². The lowest BCUT2D eigenvalue weighted by molar-refractivity contribution is -0.913. The molecule has 0 amide bonds. The zero-order valence-electron chi connectivity index (χ0n) is 32.7. The first-order valence-electron chi connectivity index (χ1n) is 20.8. The molecule has 2 nitrogen and oxygen atoms in total. The first-order chi connectivity index (χ1) is 21.2. The van der Waals surface area contributed by atoms with E-state index in [1.54, 1.807) is 0 Å². The van der Waals surface area contributed by atoms with E-state index in [4.69, 9.17) is 0 Å². The van der Waals surface area contributed by atoms with Crippen LogP contribution >= 0.6 is 0 Å². The molecule has 0 aromatic heterocycles. The van der Waals surface area contributed by atoms with Gasteiger partial charge < -0.3 is 8.97 Å². The number of nitrogens with zero attached hydrogens (tertiary/aromatic N) is 2. The van der Waals surface area contributed by atoms with E-state index >= 15 is 0 Å². The number of unbranched alkanes of at least 4 members (excludes halogenated alkanes) is 25. The fraction of sp³-hybridized carbons (Fsp3) is 1.00. The second-order valence-electron chi connectivity index (χ2n) is 16.5. The summed E-state index contributed by atoms with van der Waals surface area (Å²) in [7, 11) is 9.93. The molecule has 0 saturated carbocycles. The van der Waals surface area contributed by atoms with Crippen molar-refractivity contribution >= 4 is 0 Å². The molecule has 2 atom stereocenters. The third-order valence-corrected chi connectivity index (χ3v) is 11.6. The summed E-state index contributed by atoms with van der Waals surface area (Å²) < 4.78 is 2.45. The highest BCUT2D eigenvalue weighted by molar-refractivity contribution is 4.57. The van der Waals surface area contributed by atoms with Crippen LogP contribution in [0.25, 0.3) is 0 Å². The molecule has 0 N–H and O–H groups in total. The smallest absolute Gasteiger partial charge is 0.0857 e. The summed E-state index contributed by atoms with van der Waals surface area (Å²) in [4.78, 5) is 0. The zero-order chi connectivity index (χ0) is 32.8. The molecule has 0 aromatic carbocycles. The molecule has 0 radical (unpaired) electrons. The Hall–Kier alpha value is -0.0800. The summed E-state index contributed by atoms with van der Waals surface area (Å²) in [6.07, 6.45) is 43.3. The maximum Gasteiger partial charge on any atom is 0.0857 e. The largest absolute Gasteiger partial charge is 0.326 e. The SMILES string of the molecule is CCCCCCCCCCCC(C)[N+](C)(C)CCCCCCCCCCCC[N+](C)(C)C(C)CCCCCCCCCCC. The molecule has 0 aromatic rings. The average Bonchev–Trinajstić information content (AvgIpc) is 2.99. The minimum absolute atomic E-state index is 0.812. The number of hydrogen-bond donors (Lipinski definition) is 0. The first kappa shape index (κ1) is 43.9. The van der Waals surface area contributed by atoms with Gasteiger partial charge in [-0.2, -0.15) is 0 Å².